The molecular formula is C17H21ClO3S. The molecule has 1 unspecified atom stereocenters. The van der Waals surface area contributed by atoms with Crippen LogP contribution in [-0.4, -0.2) is 29.7 Å². The summed E-state index contributed by atoms with van der Waals surface area (Å²) in [5.41, 5.74) is -0.448. The van der Waals surface area contributed by atoms with E-state index < -0.39 is 11.6 Å². The fourth-order valence-corrected chi connectivity index (χ4v) is 2.58. The van der Waals surface area contributed by atoms with E-state index >= 15 is 0 Å². The molecular weight excluding hydrogens is 320 g/mol. The van der Waals surface area contributed by atoms with Crippen LogP contribution in [0.1, 0.15) is 18.4 Å². The second kappa shape index (κ2) is 9.03. The molecule has 5 heteroatoms. The highest BCUT2D eigenvalue weighted by atomic mass is 35.5. The third-order valence-electron chi connectivity index (χ3n) is 3.48. The molecule has 1 N–H and O–H groups in total. The number of aliphatic hydroxyl groups is 1. The van der Waals surface area contributed by atoms with Crippen LogP contribution >= 0.6 is 24.2 Å². The first kappa shape index (κ1) is 18.8. The van der Waals surface area contributed by atoms with E-state index in [9.17, 15) is 9.90 Å². The Balaban J connectivity index is 0.00000242. The topological polar surface area (TPSA) is 46.5 Å². The van der Waals surface area contributed by atoms with Crippen LogP contribution in [0.2, 0.25) is 0 Å². The molecule has 0 amide bonds. The van der Waals surface area contributed by atoms with Crippen LogP contribution in [0.25, 0.3) is 0 Å². The number of hydrogen-bond acceptors (Lipinski definition) is 4. The van der Waals surface area contributed by atoms with Crippen molar-refractivity contribution in [1.82, 2.24) is 0 Å². The molecule has 2 rings (SSSR count). The Morgan fingerprint density at radius 3 is 2.64 bits per heavy atom. The molecule has 0 bridgehead atoms. The molecule has 1 atom stereocenters. The first-order valence-electron chi connectivity index (χ1n) is 6.98. The summed E-state index contributed by atoms with van der Waals surface area (Å²) in [7, 11) is 0. The molecule has 1 aromatic carbocycles. The van der Waals surface area contributed by atoms with Crippen molar-refractivity contribution in [3.8, 4) is 0 Å². The van der Waals surface area contributed by atoms with Crippen molar-refractivity contribution in [2.24, 2.45) is 0 Å². The van der Waals surface area contributed by atoms with E-state index in [2.05, 4.69) is 0 Å². The quantitative estimate of drug-likeness (QED) is 0.489. The zero-order chi connectivity index (χ0) is 15.1. The SMILES string of the molecule is CSCCOC(=O)C(O)(C1=CCC=CC1)c1ccccc1.Cl. The van der Waals surface area contributed by atoms with Crippen molar-refractivity contribution in [3.63, 3.8) is 0 Å². The van der Waals surface area contributed by atoms with Crippen molar-refractivity contribution in [1.29, 1.82) is 0 Å². The molecule has 0 saturated heterocycles. The molecule has 1 aliphatic carbocycles. The number of rotatable bonds is 6. The first-order chi connectivity index (χ1) is 10.2. The van der Waals surface area contributed by atoms with Gasteiger partial charge in [0, 0.05) is 5.75 Å². The van der Waals surface area contributed by atoms with Gasteiger partial charge in [-0.3, -0.25) is 0 Å². The van der Waals surface area contributed by atoms with Crippen LogP contribution in [0.5, 0.6) is 0 Å². The van der Waals surface area contributed by atoms with E-state index in [1.165, 1.54) is 0 Å². The van der Waals surface area contributed by atoms with Crippen molar-refractivity contribution < 1.29 is 14.6 Å². The summed E-state index contributed by atoms with van der Waals surface area (Å²) in [6.07, 6.45) is 9.13. The van der Waals surface area contributed by atoms with Gasteiger partial charge in [-0.05, 0) is 30.2 Å². The van der Waals surface area contributed by atoms with Crippen molar-refractivity contribution in [3.05, 3.63) is 59.7 Å². The Bertz CT molecular complexity index is 542. The average Bonchev–Trinajstić information content (AvgIpc) is 2.56. The van der Waals surface area contributed by atoms with Crippen LogP contribution in [0, 0.1) is 0 Å². The molecule has 0 heterocycles. The van der Waals surface area contributed by atoms with E-state index in [1.807, 2.05) is 42.7 Å². The maximum Gasteiger partial charge on any atom is 0.347 e. The summed E-state index contributed by atoms with van der Waals surface area (Å²) in [4.78, 5) is 12.5. The summed E-state index contributed by atoms with van der Waals surface area (Å²) in [5, 5.41) is 11.1. The highest BCUT2D eigenvalue weighted by Gasteiger charge is 2.42. The lowest BCUT2D eigenvalue weighted by Crippen LogP contribution is -2.40. The maximum absolute atomic E-state index is 12.5. The summed E-state index contributed by atoms with van der Waals surface area (Å²) < 4.78 is 5.28. The fourth-order valence-electron chi connectivity index (χ4n) is 2.33. The van der Waals surface area contributed by atoms with Crippen molar-refractivity contribution in [2.75, 3.05) is 18.6 Å². The Morgan fingerprint density at radius 2 is 2.05 bits per heavy atom. The van der Waals surface area contributed by atoms with Gasteiger partial charge in [-0.25, -0.2) is 4.79 Å². The zero-order valence-electron chi connectivity index (χ0n) is 12.5. The number of halogens is 1. The smallest absolute Gasteiger partial charge is 0.347 e. The average molecular weight is 341 g/mol. The van der Waals surface area contributed by atoms with Gasteiger partial charge in [-0.2, -0.15) is 11.8 Å². The standard InChI is InChI=1S/C17H20O3S.ClH/c1-21-13-12-20-16(18)17(19,14-8-4-2-5-9-14)15-10-6-3-7-11-15;/h2-6,8-9,11,19H,7,10,12-13H2,1H3;1H. The minimum absolute atomic E-state index is 0. The van der Waals surface area contributed by atoms with Gasteiger partial charge >= 0.3 is 5.97 Å². The Kier molecular flexibility index (Phi) is 7.73. The van der Waals surface area contributed by atoms with Crippen molar-refractivity contribution in [2.45, 2.75) is 18.4 Å². The molecule has 120 valence electrons. The number of ether oxygens (including phenoxy) is 1. The predicted molar refractivity (Wildman–Crippen MR) is 93.4 cm³/mol. The number of esters is 1. The first-order valence-corrected chi connectivity index (χ1v) is 8.37. The van der Waals surface area contributed by atoms with E-state index in [4.69, 9.17) is 4.74 Å². The molecule has 0 fully saturated rings. The number of thioether (sulfide) groups is 1. The van der Waals surface area contributed by atoms with Gasteiger partial charge in [0.15, 0.2) is 0 Å². The van der Waals surface area contributed by atoms with Crippen LogP contribution in [0.3, 0.4) is 0 Å². The van der Waals surface area contributed by atoms with Crippen LogP contribution in [-0.2, 0) is 15.1 Å². The normalized spacial score (nSPS) is 16.2. The highest BCUT2D eigenvalue weighted by molar-refractivity contribution is 7.98. The second-order valence-corrected chi connectivity index (χ2v) is 5.83. The molecule has 22 heavy (non-hydrogen) atoms. The fraction of sp³-hybridized carbons (Fsp3) is 0.353. The van der Waals surface area contributed by atoms with Gasteiger partial charge in [0.1, 0.15) is 6.61 Å². The molecule has 3 nitrogen and oxygen atoms in total. The molecule has 0 saturated carbocycles. The number of carbonyl (C=O) groups is 1. The largest absolute Gasteiger partial charge is 0.462 e. The Labute approximate surface area is 141 Å². The number of hydrogen-bond donors (Lipinski definition) is 1. The third kappa shape index (κ3) is 4.15. The predicted octanol–water partition coefficient (Wildman–Crippen LogP) is 3.48. The molecule has 0 spiro atoms. The molecule has 0 aliphatic heterocycles. The van der Waals surface area contributed by atoms with Gasteiger partial charge in [-0.15, -0.1) is 12.4 Å². The van der Waals surface area contributed by atoms with E-state index in [1.54, 1.807) is 23.9 Å². The second-order valence-electron chi connectivity index (χ2n) is 4.85. The lowest BCUT2D eigenvalue weighted by Gasteiger charge is -2.30. The van der Waals surface area contributed by atoms with Gasteiger partial charge < -0.3 is 9.84 Å². The lowest BCUT2D eigenvalue weighted by atomic mass is 9.82. The number of allylic oxidation sites excluding steroid dienone is 3. The minimum Gasteiger partial charge on any atom is -0.462 e. The van der Waals surface area contributed by atoms with E-state index in [0.717, 1.165) is 12.2 Å². The summed E-state index contributed by atoms with van der Waals surface area (Å²) >= 11 is 1.60. The zero-order valence-corrected chi connectivity index (χ0v) is 14.2. The third-order valence-corrected chi connectivity index (χ3v) is 4.05. The number of carbonyl (C=O) groups excluding carboxylic acids is 1. The Morgan fingerprint density at radius 1 is 1.32 bits per heavy atom. The summed E-state index contributed by atoms with van der Waals surface area (Å²) in [5.74, 6) is 0.125. The van der Waals surface area contributed by atoms with Crippen LogP contribution < -0.4 is 0 Å². The van der Waals surface area contributed by atoms with Gasteiger partial charge in [-0.1, -0.05) is 48.6 Å². The van der Waals surface area contributed by atoms with Crippen molar-refractivity contribution >= 4 is 30.1 Å². The molecule has 0 radical (unpaired) electrons. The van der Waals surface area contributed by atoms with Gasteiger partial charge in [0.2, 0.25) is 5.60 Å². The van der Waals surface area contributed by atoms with Crippen LogP contribution in [0.15, 0.2) is 54.1 Å². The van der Waals surface area contributed by atoms with Gasteiger partial charge in [0.25, 0.3) is 0 Å². The lowest BCUT2D eigenvalue weighted by molar-refractivity contribution is -0.162. The highest BCUT2D eigenvalue weighted by Crippen LogP contribution is 2.35. The number of benzene rings is 1. The molecule has 1 aliphatic rings. The van der Waals surface area contributed by atoms with Gasteiger partial charge in [0.05, 0.1) is 0 Å². The summed E-state index contributed by atoms with van der Waals surface area (Å²) in [6.45, 7) is 0.304. The van der Waals surface area contributed by atoms with Crippen LogP contribution in [0.4, 0.5) is 0 Å². The van der Waals surface area contributed by atoms with E-state index in [0.29, 0.717) is 24.2 Å². The maximum atomic E-state index is 12.5. The minimum atomic E-state index is -1.69. The summed E-state index contributed by atoms with van der Waals surface area (Å²) in [6, 6.07) is 9.01. The monoisotopic (exact) mass is 340 g/mol. The molecule has 0 aromatic heterocycles. The van der Waals surface area contributed by atoms with E-state index in [-0.39, 0.29) is 12.4 Å². The molecule has 1 aromatic rings. The Hall–Kier alpha value is -1.23.